The van der Waals surface area contributed by atoms with Crippen molar-refractivity contribution in [2.24, 2.45) is 0 Å². The lowest BCUT2D eigenvalue weighted by Crippen LogP contribution is -2.32. The molecule has 14 heavy (non-hydrogen) atoms. The number of hydrogen-bond donors (Lipinski definition) is 0. The van der Waals surface area contributed by atoms with Crippen LogP contribution in [0.25, 0.3) is 0 Å². The third kappa shape index (κ3) is 3.47. The minimum Gasteiger partial charge on any atom is -0.291 e. The second kappa shape index (κ2) is 6.73. The van der Waals surface area contributed by atoms with Crippen molar-refractivity contribution in [3.05, 3.63) is 0 Å². The molecule has 1 nitrogen and oxygen atoms in total. The maximum atomic E-state index is 2.62. The van der Waals surface area contributed by atoms with Gasteiger partial charge in [-0.15, -0.1) is 11.8 Å². The maximum absolute atomic E-state index is 2.62. The summed E-state index contributed by atoms with van der Waals surface area (Å²) in [7, 11) is 2.32. The molecule has 2 unspecified atom stereocenters. The van der Waals surface area contributed by atoms with Crippen molar-refractivity contribution >= 4 is 11.8 Å². The fourth-order valence-corrected chi connectivity index (χ4v) is 3.67. The van der Waals surface area contributed by atoms with E-state index in [9.17, 15) is 0 Å². The smallest absolute Gasteiger partial charge is 0.0557 e. The average Bonchev–Trinajstić information content (AvgIpc) is 2.54. The predicted octanol–water partition coefficient (Wildman–Crippen LogP) is 3.74. The Morgan fingerprint density at radius 1 is 1.14 bits per heavy atom. The van der Waals surface area contributed by atoms with Crippen LogP contribution in [-0.2, 0) is 0 Å². The van der Waals surface area contributed by atoms with Crippen LogP contribution >= 0.6 is 11.8 Å². The molecule has 1 aliphatic rings. The lowest BCUT2D eigenvalue weighted by Gasteiger charge is -2.24. The van der Waals surface area contributed by atoms with Gasteiger partial charge in [0.1, 0.15) is 0 Å². The summed E-state index contributed by atoms with van der Waals surface area (Å²) in [6.07, 6.45) is 8.26. The molecule has 0 aromatic rings. The van der Waals surface area contributed by atoms with Crippen LogP contribution in [0.4, 0.5) is 0 Å². The van der Waals surface area contributed by atoms with E-state index in [4.69, 9.17) is 0 Å². The van der Waals surface area contributed by atoms with Crippen molar-refractivity contribution in [1.29, 1.82) is 0 Å². The zero-order chi connectivity index (χ0) is 10.4. The van der Waals surface area contributed by atoms with Gasteiger partial charge in [-0.2, -0.15) is 0 Å². The molecule has 0 aromatic heterocycles. The Kier molecular flexibility index (Phi) is 5.95. The van der Waals surface area contributed by atoms with Crippen molar-refractivity contribution in [2.75, 3.05) is 12.8 Å². The molecular formula is C12H25NS. The zero-order valence-corrected chi connectivity index (χ0v) is 10.8. The highest BCUT2D eigenvalue weighted by molar-refractivity contribution is 8.00. The molecule has 1 saturated heterocycles. The van der Waals surface area contributed by atoms with Crippen molar-refractivity contribution < 1.29 is 0 Å². The van der Waals surface area contributed by atoms with Crippen molar-refractivity contribution in [1.82, 2.24) is 4.90 Å². The molecule has 0 radical (unpaired) electrons. The molecule has 1 heterocycles. The lowest BCUT2D eigenvalue weighted by atomic mass is 10.1. The normalized spacial score (nSPS) is 28.5. The number of rotatable bonds is 6. The summed E-state index contributed by atoms with van der Waals surface area (Å²) in [6, 6.07) is 0.863. The van der Waals surface area contributed by atoms with E-state index in [1.54, 1.807) is 0 Å². The summed E-state index contributed by atoms with van der Waals surface area (Å²) in [4.78, 5) is 2.62. The number of hydrogen-bond acceptors (Lipinski definition) is 2. The van der Waals surface area contributed by atoms with Gasteiger partial charge in [0.25, 0.3) is 0 Å². The van der Waals surface area contributed by atoms with Crippen LogP contribution in [0.2, 0.25) is 0 Å². The molecule has 2 atom stereocenters. The first-order valence-electron chi connectivity index (χ1n) is 6.13. The van der Waals surface area contributed by atoms with Gasteiger partial charge >= 0.3 is 0 Å². The molecular weight excluding hydrogens is 190 g/mol. The van der Waals surface area contributed by atoms with Crippen LogP contribution in [0.5, 0.6) is 0 Å². The second-order valence-corrected chi connectivity index (χ2v) is 5.60. The summed E-state index contributed by atoms with van der Waals surface area (Å²) >= 11 is 2.17. The van der Waals surface area contributed by atoms with Gasteiger partial charge in [-0.3, -0.25) is 4.90 Å². The number of unbranched alkanes of at least 4 members (excludes halogenated alkanes) is 2. The SMILES string of the molecule is CCCCC1CSC(CCCC)N1C. The molecule has 0 amide bonds. The molecule has 0 aromatic carbocycles. The summed E-state index contributed by atoms with van der Waals surface area (Å²) < 4.78 is 0. The monoisotopic (exact) mass is 215 g/mol. The summed E-state index contributed by atoms with van der Waals surface area (Å²) in [5.41, 5.74) is 0. The Morgan fingerprint density at radius 3 is 2.43 bits per heavy atom. The van der Waals surface area contributed by atoms with Gasteiger partial charge in [0.2, 0.25) is 0 Å². The first-order chi connectivity index (χ1) is 6.79. The van der Waals surface area contributed by atoms with Crippen molar-refractivity contribution in [3.8, 4) is 0 Å². The van der Waals surface area contributed by atoms with Gasteiger partial charge in [0, 0.05) is 11.8 Å². The fourth-order valence-electron chi connectivity index (χ4n) is 2.08. The molecule has 0 aliphatic carbocycles. The summed E-state index contributed by atoms with van der Waals surface area (Å²) in [6.45, 7) is 4.57. The largest absolute Gasteiger partial charge is 0.291 e. The van der Waals surface area contributed by atoms with E-state index >= 15 is 0 Å². The molecule has 84 valence electrons. The summed E-state index contributed by atoms with van der Waals surface area (Å²) in [5, 5.41) is 0.816. The van der Waals surface area contributed by atoms with E-state index in [1.165, 1.54) is 44.3 Å². The first kappa shape index (κ1) is 12.4. The Balaban J connectivity index is 2.24. The quantitative estimate of drug-likeness (QED) is 0.664. The van der Waals surface area contributed by atoms with Crippen LogP contribution in [-0.4, -0.2) is 29.1 Å². The Morgan fingerprint density at radius 2 is 1.79 bits per heavy atom. The van der Waals surface area contributed by atoms with Crippen LogP contribution < -0.4 is 0 Å². The Bertz CT molecular complexity index is 133. The first-order valence-corrected chi connectivity index (χ1v) is 7.18. The number of nitrogens with zero attached hydrogens (tertiary/aromatic N) is 1. The van der Waals surface area contributed by atoms with Crippen molar-refractivity contribution in [3.63, 3.8) is 0 Å². The van der Waals surface area contributed by atoms with Crippen LogP contribution in [0.3, 0.4) is 0 Å². The second-order valence-electron chi connectivity index (χ2n) is 4.39. The van der Waals surface area contributed by atoms with Crippen LogP contribution in [0.1, 0.15) is 52.4 Å². The summed E-state index contributed by atoms with van der Waals surface area (Å²) in [5.74, 6) is 1.37. The third-order valence-electron chi connectivity index (χ3n) is 3.21. The molecule has 0 spiro atoms. The van der Waals surface area contributed by atoms with Gasteiger partial charge in [-0.1, -0.05) is 39.5 Å². The topological polar surface area (TPSA) is 3.24 Å². The van der Waals surface area contributed by atoms with E-state index in [0.717, 1.165) is 11.4 Å². The highest BCUT2D eigenvalue weighted by Gasteiger charge is 2.29. The van der Waals surface area contributed by atoms with E-state index in [-0.39, 0.29) is 0 Å². The number of thioether (sulfide) groups is 1. The van der Waals surface area contributed by atoms with E-state index < -0.39 is 0 Å². The Labute approximate surface area is 93.6 Å². The van der Waals surface area contributed by atoms with E-state index in [2.05, 4.69) is 37.6 Å². The molecule has 1 aliphatic heterocycles. The van der Waals surface area contributed by atoms with Gasteiger partial charge in [-0.25, -0.2) is 0 Å². The highest BCUT2D eigenvalue weighted by Crippen LogP contribution is 2.32. The third-order valence-corrected chi connectivity index (χ3v) is 4.74. The van der Waals surface area contributed by atoms with E-state index in [1.807, 2.05) is 0 Å². The molecule has 1 rings (SSSR count). The molecule has 1 fully saturated rings. The fraction of sp³-hybridized carbons (Fsp3) is 1.00. The van der Waals surface area contributed by atoms with Crippen molar-refractivity contribution in [2.45, 2.75) is 63.8 Å². The average molecular weight is 215 g/mol. The molecule has 2 heteroatoms. The lowest BCUT2D eigenvalue weighted by molar-refractivity contribution is 0.239. The molecule has 0 bridgehead atoms. The predicted molar refractivity (Wildman–Crippen MR) is 66.8 cm³/mol. The van der Waals surface area contributed by atoms with Gasteiger partial charge in [0.15, 0.2) is 0 Å². The van der Waals surface area contributed by atoms with Crippen LogP contribution in [0, 0.1) is 0 Å². The van der Waals surface area contributed by atoms with Gasteiger partial charge < -0.3 is 0 Å². The Hall–Kier alpha value is 0.310. The maximum Gasteiger partial charge on any atom is 0.0557 e. The standard InChI is InChI=1S/C12H25NS/c1-4-6-8-11-10-14-12(13(11)3)9-7-5-2/h11-12H,4-10H2,1-3H3. The minimum atomic E-state index is 0.816. The van der Waals surface area contributed by atoms with Gasteiger partial charge in [-0.05, 0) is 19.9 Å². The zero-order valence-electron chi connectivity index (χ0n) is 9.96. The van der Waals surface area contributed by atoms with Crippen LogP contribution in [0.15, 0.2) is 0 Å². The highest BCUT2D eigenvalue weighted by atomic mass is 32.2. The van der Waals surface area contributed by atoms with Gasteiger partial charge in [0.05, 0.1) is 5.37 Å². The molecule has 0 N–H and O–H groups in total. The molecule has 0 saturated carbocycles. The minimum absolute atomic E-state index is 0.816. The van der Waals surface area contributed by atoms with E-state index in [0.29, 0.717) is 0 Å².